The van der Waals surface area contributed by atoms with E-state index in [1.54, 1.807) is 7.11 Å². The summed E-state index contributed by atoms with van der Waals surface area (Å²) in [7, 11) is 1.63. The molecule has 0 bridgehead atoms. The van der Waals surface area contributed by atoms with Gasteiger partial charge in [0.2, 0.25) is 0 Å². The van der Waals surface area contributed by atoms with Crippen molar-refractivity contribution in [3.63, 3.8) is 0 Å². The van der Waals surface area contributed by atoms with E-state index in [0.29, 0.717) is 12.5 Å². The van der Waals surface area contributed by atoms with Gasteiger partial charge in [-0.05, 0) is 12.1 Å². The van der Waals surface area contributed by atoms with E-state index in [9.17, 15) is 0 Å². The Morgan fingerprint density at radius 3 is 2.58 bits per heavy atom. The van der Waals surface area contributed by atoms with E-state index in [1.165, 1.54) is 0 Å². The van der Waals surface area contributed by atoms with Gasteiger partial charge in [-0.1, -0.05) is 40.2 Å². The van der Waals surface area contributed by atoms with Gasteiger partial charge >= 0.3 is 0 Å². The normalized spacial score (nSPS) is 10.3. The van der Waals surface area contributed by atoms with Crippen LogP contribution in [-0.4, -0.2) is 7.11 Å². The van der Waals surface area contributed by atoms with Crippen LogP contribution in [0.1, 0.15) is 11.1 Å². The van der Waals surface area contributed by atoms with Gasteiger partial charge in [0.05, 0.1) is 13.0 Å². The highest BCUT2D eigenvalue weighted by atomic mass is 79.9. The van der Waals surface area contributed by atoms with E-state index in [1.807, 2.05) is 42.5 Å². The lowest BCUT2D eigenvalue weighted by molar-refractivity contribution is 0.300. The summed E-state index contributed by atoms with van der Waals surface area (Å²) >= 11 is 9.41. The highest BCUT2D eigenvalue weighted by molar-refractivity contribution is 9.10. The lowest BCUT2D eigenvalue weighted by Crippen LogP contribution is -1.99. The lowest BCUT2D eigenvalue weighted by Gasteiger charge is -2.12. The molecule has 0 amide bonds. The maximum Gasteiger partial charge on any atom is 0.127 e. The minimum Gasteiger partial charge on any atom is -0.497 e. The average Bonchev–Trinajstić information content (AvgIpc) is 2.46. The number of ether oxygens (including phenoxy) is 2. The standard InChI is InChI=1S/C15H14BrClO2/c1-18-13-7-6-11(9-17)15(8-13)19-10-12-4-2-3-5-14(12)16/h2-8H,9-10H2,1H3. The summed E-state index contributed by atoms with van der Waals surface area (Å²) in [6.45, 7) is 0.485. The number of hydrogen-bond acceptors (Lipinski definition) is 2. The van der Waals surface area contributed by atoms with Gasteiger partial charge in [0.15, 0.2) is 0 Å². The summed E-state index contributed by atoms with van der Waals surface area (Å²) in [5.41, 5.74) is 2.04. The average molecular weight is 342 g/mol. The molecule has 0 unspecified atom stereocenters. The zero-order valence-corrected chi connectivity index (χ0v) is 12.9. The fraction of sp³-hybridized carbons (Fsp3) is 0.200. The molecule has 2 aromatic carbocycles. The van der Waals surface area contributed by atoms with E-state index in [4.69, 9.17) is 21.1 Å². The Hall–Kier alpha value is -1.19. The highest BCUT2D eigenvalue weighted by Crippen LogP contribution is 2.27. The summed E-state index contributed by atoms with van der Waals surface area (Å²) in [4.78, 5) is 0. The molecule has 100 valence electrons. The molecule has 4 heteroatoms. The van der Waals surface area contributed by atoms with Crippen LogP contribution < -0.4 is 9.47 Å². The molecule has 0 atom stereocenters. The number of hydrogen-bond donors (Lipinski definition) is 0. The topological polar surface area (TPSA) is 18.5 Å². The first kappa shape index (κ1) is 14.2. The number of alkyl halides is 1. The van der Waals surface area contributed by atoms with Gasteiger partial charge in [0.1, 0.15) is 18.1 Å². The van der Waals surface area contributed by atoms with E-state index < -0.39 is 0 Å². The Labute approximate surface area is 126 Å². The van der Waals surface area contributed by atoms with Crippen LogP contribution in [0.2, 0.25) is 0 Å². The maximum absolute atomic E-state index is 5.91. The first-order valence-corrected chi connectivity index (χ1v) is 7.16. The Kier molecular flexibility index (Phi) is 5.11. The predicted octanol–water partition coefficient (Wildman–Crippen LogP) is 4.78. The van der Waals surface area contributed by atoms with Crippen molar-refractivity contribution in [3.05, 3.63) is 58.1 Å². The van der Waals surface area contributed by atoms with Crippen LogP contribution in [0.5, 0.6) is 11.5 Å². The second-order valence-corrected chi connectivity index (χ2v) is 5.11. The van der Waals surface area contributed by atoms with Crippen LogP contribution in [0.25, 0.3) is 0 Å². The Morgan fingerprint density at radius 2 is 1.89 bits per heavy atom. The molecule has 0 N–H and O–H groups in total. The van der Waals surface area contributed by atoms with Gasteiger partial charge in [-0.2, -0.15) is 0 Å². The van der Waals surface area contributed by atoms with E-state index in [-0.39, 0.29) is 0 Å². The highest BCUT2D eigenvalue weighted by Gasteiger charge is 2.06. The first-order chi connectivity index (χ1) is 9.24. The maximum atomic E-state index is 5.91. The molecule has 19 heavy (non-hydrogen) atoms. The number of halogens is 2. The van der Waals surface area contributed by atoms with Gasteiger partial charge < -0.3 is 9.47 Å². The van der Waals surface area contributed by atoms with Crippen LogP contribution in [0.4, 0.5) is 0 Å². The van der Waals surface area contributed by atoms with Crippen molar-refractivity contribution in [2.75, 3.05) is 7.11 Å². The molecule has 0 aliphatic heterocycles. The zero-order valence-electron chi connectivity index (χ0n) is 10.5. The van der Waals surface area contributed by atoms with Gasteiger partial charge in [-0.25, -0.2) is 0 Å². The van der Waals surface area contributed by atoms with Gasteiger partial charge in [0.25, 0.3) is 0 Å². The van der Waals surface area contributed by atoms with Crippen molar-refractivity contribution >= 4 is 27.5 Å². The molecular formula is C15H14BrClO2. The number of rotatable bonds is 5. The van der Waals surface area contributed by atoms with Crippen molar-refractivity contribution < 1.29 is 9.47 Å². The molecule has 0 saturated heterocycles. The third kappa shape index (κ3) is 3.64. The molecule has 0 aromatic heterocycles. The summed E-state index contributed by atoms with van der Waals surface area (Å²) < 4.78 is 12.1. The van der Waals surface area contributed by atoms with Crippen LogP contribution in [0.3, 0.4) is 0 Å². The van der Waals surface area contributed by atoms with Crippen molar-refractivity contribution in [1.82, 2.24) is 0 Å². The first-order valence-electron chi connectivity index (χ1n) is 5.83. The predicted molar refractivity (Wildman–Crippen MR) is 81.0 cm³/mol. The second-order valence-electron chi connectivity index (χ2n) is 3.99. The summed E-state index contributed by atoms with van der Waals surface area (Å²) in [5, 5.41) is 0. The molecule has 2 nitrogen and oxygen atoms in total. The third-order valence-electron chi connectivity index (χ3n) is 2.76. The van der Waals surface area contributed by atoms with Crippen molar-refractivity contribution in [2.24, 2.45) is 0 Å². The Morgan fingerprint density at radius 1 is 1.11 bits per heavy atom. The van der Waals surface area contributed by atoms with Crippen LogP contribution in [0, 0.1) is 0 Å². The monoisotopic (exact) mass is 340 g/mol. The van der Waals surface area contributed by atoms with Crippen LogP contribution >= 0.6 is 27.5 Å². The summed E-state index contributed by atoms with van der Waals surface area (Å²) in [6.07, 6.45) is 0. The largest absolute Gasteiger partial charge is 0.497 e. The quantitative estimate of drug-likeness (QED) is 0.729. The molecule has 0 heterocycles. The summed E-state index contributed by atoms with van der Waals surface area (Å²) in [6, 6.07) is 13.6. The fourth-order valence-electron chi connectivity index (χ4n) is 1.68. The van der Waals surface area contributed by atoms with Gasteiger partial charge in [-0.15, -0.1) is 11.6 Å². The minimum atomic E-state index is 0.412. The van der Waals surface area contributed by atoms with Crippen molar-refractivity contribution in [1.29, 1.82) is 0 Å². The zero-order chi connectivity index (χ0) is 13.7. The van der Waals surface area contributed by atoms with E-state index >= 15 is 0 Å². The smallest absolute Gasteiger partial charge is 0.127 e. The fourth-order valence-corrected chi connectivity index (χ4v) is 2.30. The third-order valence-corrected chi connectivity index (χ3v) is 3.82. The van der Waals surface area contributed by atoms with Crippen LogP contribution in [-0.2, 0) is 12.5 Å². The van der Waals surface area contributed by atoms with Gasteiger partial charge in [0, 0.05) is 21.7 Å². The van der Waals surface area contributed by atoms with E-state index in [2.05, 4.69) is 15.9 Å². The second kappa shape index (κ2) is 6.83. The molecule has 0 aliphatic rings. The molecule has 2 rings (SSSR count). The number of benzene rings is 2. The SMILES string of the molecule is COc1ccc(CCl)c(OCc2ccccc2Br)c1. The molecule has 0 fully saturated rings. The molecule has 0 spiro atoms. The molecule has 0 saturated carbocycles. The van der Waals surface area contributed by atoms with Crippen molar-refractivity contribution in [3.8, 4) is 11.5 Å². The van der Waals surface area contributed by atoms with Gasteiger partial charge in [-0.3, -0.25) is 0 Å². The number of methoxy groups -OCH3 is 1. The molecule has 2 aromatic rings. The molecular weight excluding hydrogens is 328 g/mol. The minimum absolute atomic E-state index is 0.412. The Bertz CT molecular complexity index is 558. The Balaban J connectivity index is 2.16. The summed E-state index contributed by atoms with van der Waals surface area (Å²) in [5.74, 6) is 1.93. The molecule has 0 aliphatic carbocycles. The van der Waals surface area contributed by atoms with Crippen LogP contribution in [0.15, 0.2) is 46.9 Å². The molecule has 0 radical (unpaired) electrons. The van der Waals surface area contributed by atoms with Crippen molar-refractivity contribution in [2.45, 2.75) is 12.5 Å². The lowest BCUT2D eigenvalue weighted by atomic mass is 10.2. The van der Waals surface area contributed by atoms with E-state index in [0.717, 1.165) is 27.1 Å².